The van der Waals surface area contributed by atoms with Crippen molar-refractivity contribution in [3.05, 3.63) is 65.2 Å². The molecule has 0 saturated carbocycles. The minimum absolute atomic E-state index is 0.0838. The van der Waals surface area contributed by atoms with Crippen LogP contribution in [0.15, 0.2) is 48.5 Å². The molecule has 0 radical (unpaired) electrons. The SMILES string of the molecule is CCNC(=O)[C@H](C)N(Cc1ccc(C)cc1)C(=O)Cc1ccc(OC)cc1. The highest BCUT2D eigenvalue weighted by Gasteiger charge is 2.25. The van der Waals surface area contributed by atoms with Crippen LogP contribution in [0, 0.1) is 6.92 Å². The predicted octanol–water partition coefficient (Wildman–Crippen LogP) is 3.10. The zero-order valence-electron chi connectivity index (χ0n) is 16.5. The summed E-state index contributed by atoms with van der Waals surface area (Å²) in [4.78, 5) is 27.0. The first-order valence-corrected chi connectivity index (χ1v) is 9.20. The van der Waals surface area contributed by atoms with Gasteiger partial charge in [0.15, 0.2) is 0 Å². The number of rotatable bonds is 8. The Morgan fingerprint density at radius 1 is 1.04 bits per heavy atom. The maximum Gasteiger partial charge on any atom is 0.242 e. The van der Waals surface area contributed by atoms with Crippen LogP contribution >= 0.6 is 0 Å². The Morgan fingerprint density at radius 3 is 2.19 bits per heavy atom. The van der Waals surface area contributed by atoms with E-state index >= 15 is 0 Å². The average Bonchev–Trinajstić information content (AvgIpc) is 2.67. The molecule has 5 nitrogen and oxygen atoms in total. The lowest BCUT2D eigenvalue weighted by Gasteiger charge is -2.29. The van der Waals surface area contributed by atoms with Gasteiger partial charge < -0.3 is 15.0 Å². The number of methoxy groups -OCH3 is 1. The van der Waals surface area contributed by atoms with Crippen molar-refractivity contribution in [3.63, 3.8) is 0 Å². The number of hydrogen-bond donors (Lipinski definition) is 1. The van der Waals surface area contributed by atoms with Crippen molar-refractivity contribution in [2.45, 2.75) is 39.8 Å². The lowest BCUT2D eigenvalue weighted by atomic mass is 10.1. The Morgan fingerprint density at radius 2 is 1.63 bits per heavy atom. The molecule has 0 fully saturated rings. The molecule has 0 saturated heterocycles. The fourth-order valence-corrected chi connectivity index (χ4v) is 2.81. The van der Waals surface area contributed by atoms with Crippen LogP contribution in [0.2, 0.25) is 0 Å². The van der Waals surface area contributed by atoms with Gasteiger partial charge >= 0.3 is 0 Å². The normalized spacial score (nSPS) is 11.6. The number of carbonyl (C=O) groups excluding carboxylic acids is 2. The minimum atomic E-state index is -0.544. The Bertz CT molecular complexity index is 754. The van der Waals surface area contributed by atoms with Gasteiger partial charge in [0.1, 0.15) is 11.8 Å². The van der Waals surface area contributed by atoms with E-state index < -0.39 is 6.04 Å². The van der Waals surface area contributed by atoms with Gasteiger partial charge in [-0.1, -0.05) is 42.0 Å². The lowest BCUT2D eigenvalue weighted by molar-refractivity contribution is -0.140. The van der Waals surface area contributed by atoms with E-state index in [4.69, 9.17) is 4.74 Å². The second-order valence-electron chi connectivity index (χ2n) is 6.60. The molecule has 0 bridgehead atoms. The Hall–Kier alpha value is -2.82. The van der Waals surface area contributed by atoms with Crippen LogP contribution in [0.5, 0.6) is 5.75 Å². The molecule has 1 atom stereocenters. The summed E-state index contributed by atoms with van der Waals surface area (Å²) in [6, 6.07) is 14.9. The van der Waals surface area contributed by atoms with Crippen molar-refractivity contribution in [2.24, 2.45) is 0 Å². The molecule has 27 heavy (non-hydrogen) atoms. The van der Waals surface area contributed by atoms with Gasteiger partial charge in [-0.25, -0.2) is 0 Å². The number of hydrogen-bond acceptors (Lipinski definition) is 3. The Balaban J connectivity index is 2.19. The first kappa shape index (κ1) is 20.5. The van der Waals surface area contributed by atoms with Gasteiger partial charge in [0.2, 0.25) is 11.8 Å². The lowest BCUT2D eigenvalue weighted by Crippen LogP contribution is -2.48. The quantitative estimate of drug-likeness (QED) is 0.779. The number of aryl methyl sites for hydroxylation is 1. The fraction of sp³-hybridized carbons (Fsp3) is 0.364. The molecule has 1 N–H and O–H groups in total. The number of nitrogens with zero attached hydrogens (tertiary/aromatic N) is 1. The summed E-state index contributed by atoms with van der Waals surface area (Å²) in [5.74, 6) is 0.519. The molecule has 2 aromatic carbocycles. The van der Waals surface area contributed by atoms with Crippen molar-refractivity contribution >= 4 is 11.8 Å². The maximum atomic E-state index is 13.0. The first-order valence-electron chi connectivity index (χ1n) is 9.20. The fourth-order valence-electron chi connectivity index (χ4n) is 2.81. The summed E-state index contributed by atoms with van der Waals surface area (Å²) in [6.07, 6.45) is 0.236. The molecule has 0 aliphatic heterocycles. The zero-order valence-corrected chi connectivity index (χ0v) is 16.5. The maximum absolute atomic E-state index is 13.0. The molecule has 2 amide bonds. The Labute approximate surface area is 161 Å². The standard InChI is InChI=1S/C22H28N2O3/c1-5-23-22(26)17(3)24(15-19-8-6-16(2)7-9-19)21(25)14-18-10-12-20(27-4)13-11-18/h6-13,17H,5,14-15H2,1-4H3,(H,23,26)/t17-/m0/s1. The monoisotopic (exact) mass is 368 g/mol. The number of ether oxygens (including phenoxy) is 1. The molecule has 2 rings (SSSR count). The van der Waals surface area contributed by atoms with Gasteiger partial charge in [-0.15, -0.1) is 0 Å². The zero-order chi connectivity index (χ0) is 19.8. The van der Waals surface area contributed by atoms with Crippen LogP contribution in [0.25, 0.3) is 0 Å². The highest BCUT2D eigenvalue weighted by molar-refractivity contribution is 5.88. The van der Waals surface area contributed by atoms with E-state index in [1.165, 1.54) is 0 Å². The van der Waals surface area contributed by atoms with E-state index in [1.807, 2.05) is 62.4 Å². The molecule has 0 aliphatic carbocycles. The third-order valence-electron chi connectivity index (χ3n) is 4.51. The molecule has 0 heterocycles. The summed E-state index contributed by atoms with van der Waals surface area (Å²) in [7, 11) is 1.61. The second kappa shape index (κ2) is 9.76. The van der Waals surface area contributed by atoms with Crippen molar-refractivity contribution in [1.29, 1.82) is 0 Å². The highest BCUT2D eigenvalue weighted by Crippen LogP contribution is 2.15. The van der Waals surface area contributed by atoms with Crippen molar-refractivity contribution < 1.29 is 14.3 Å². The number of carbonyl (C=O) groups is 2. The van der Waals surface area contributed by atoms with E-state index in [2.05, 4.69) is 5.32 Å². The summed E-state index contributed by atoms with van der Waals surface area (Å²) in [6.45, 7) is 6.59. The van der Waals surface area contributed by atoms with Gasteiger partial charge in [-0.3, -0.25) is 9.59 Å². The molecule has 0 aromatic heterocycles. The van der Waals surface area contributed by atoms with Crippen LogP contribution < -0.4 is 10.1 Å². The van der Waals surface area contributed by atoms with E-state index in [1.54, 1.807) is 18.9 Å². The summed E-state index contributed by atoms with van der Waals surface area (Å²) >= 11 is 0. The molecule has 2 aromatic rings. The van der Waals surface area contributed by atoms with E-state index in [0.29, 0.717) is 13.1 Å². The molecular weight excluding hydrogens is 340 g/mol. The number of amides is 2. The third-order valence-corrected chi connectivity index (χ3v) is 4.51. The molecule has 0 aliphatic rings. The number of benzene rings is 2. The van der Waals surface area contributed by atoms with Crippen molar-refractivity contribution in [1.82, 2.24) is 10.2 Å². The molecule has 5 heteroatoms. The van der Waals surface area contributed by atoms with Crippen molar-refractivity contribution in [3.8, 4) is 5.75 Å². The average molecular weight is 368 g/mol. The van der Waals surface area contributed by atoms with Crippen molar-refractivity contribution in [2.75, 3.05) is 13.7 Å². The second-order valence-corrected chi connectivity index (χ2v) is 6.60. The Kier molecular flexibility index (Phi) is 7.41. The van der Waals surface area contributed by atoms with Gasteiger partial charge in [0.05, 0.1) is 13.5 Å². The summed E-state index contributed by atoms with van der Waals surface area (Å²) in [5.41, 5.74) is 3.05. The minimum Gasteiger partial charge on any atom is -0.497 e. The van der Waals surface area contributed by atoms with Gasteiger partial charge in [-0.05, 0) is 44.0 Å². The largest absolute Gasteiger partial charge is 0.497 e. The van der Waals surface area contributed by atoms with Gasteiger partial charge in [-0.2, -0.15) is 0 Å². The molecule has 0 spiro atoms. The van der Waals surface area contributed by atoms with Crippen LogP contribution in [0.1, 0.15) is 30.5 Å². The first-order chi connectivity index (χ1) is 12.9. The molecular formula is C22H28N2O3. The summed E-state index contributed by atoms with van der Waals surface area (Å²) < 4.78 is 5.16. The predicted molar refractivity (Wildman–Crippen MR) is 107 cm³/mol. The van der Waals surface area contributed by atoms with Crippen LogP contribution in [-0.2, 0) is 22.6 Å². The number of nitrogens with one attached hydrogen (secondary N) is 1. The topological polar surface area (TPSA) is 58.6 Å². The smallest absolute Gasteiger partial charge is 0.242 e. The molecule has 0 unspecified atom stereocenters. The van der Waals surface area contributed by atoms with E-state index in [-0.39, 0.29) is 18.2 Å². The third kappa shape index (κ3) is 5.84. The van der Waals surface area contributed by atoms with E-state index in [9.17, 15) is 9.59 Å². The van der Waals surface area contributed by atoms with Gasteiger partial charge in [0.25, 0.3) is 0 Å². The molecule has 144 valence electrons. The van der Waals surface area contributed by atoms with Crippen LogP contribution in [0.3, 0.4) is 0 Å². The highest BCUT2D eigenvalue weighted by atomic mass is 16.5. The summed E-state index contributed by atoms with van der Waals surface area (Å²) in [5, 5.41) is 2.81. The number of likely N-dealkylation sites (N-methyl/N-ethyl adjacent to an activating group) is 1. The van der Waals surface area contributed by atoms with E-state index in [0.717, 1.165) is 22.4 Å². The van der Waals surface area contributed by atoms with Crippen LogP contribution in [-0.4, -0.2) is 36.4 Å². The van der Waals surface area contributed by atoms with Gasteiger partial charge in [0, 0.05) is 13.1 Å². The van der Waals surface area contributed by atoms with Crippen LogP contribution in [0.4, 0.5) is 0 Å².